The number of hydrogen-bond acceptors (Lipinski definition) is 4. The maximum Gasteiger partial charge on any atom is 0.128 e. The molecule has 0 unspecified atom stereocenters. The van der Waals surface area contributed by atoms with Crippen LogP contribution in [0.15, 0.2) is 14.3 Å². The highest BCUT2D eigenvalue weighted by Gasteiger charge is 2.18. The summed E-state index contributed by atoms with van der Waals surface area (Å²) in [7, 11) is 0. The van der Waals surface area contributed by atoms with E-state index in [2.05, 4.69) is 50.9 Å². The van der Waals surface area contributed by atoms with E-state index in [-0.39, 0.29) is 0 Å². The Morgan fingerprint density at radius 1 is 1.41 bits per heavy atom. The van der Waals surface area contributed by atoms with Crippen molar-refractivity contribution in [1.29, 1.82) is 5.26 Å². The van der Waals surface area contributed by atoms with Gasteiger partial charge in [0.2, 0.25) is 0 Å². The Balaban J connectivity index is 2.63. The van der Waals surface area contributed by atoms with E-state index in [1.807, 2.05) is 0 Å². The molecule has 0 atom stereocenters. The minimum Gasteiger partial charge on any atom is -0.397 e. The van der Waals surface area contributed by atoms with Gasteiger partial charge in [-0.15, -0.1) is 22.7 Å². The van der Waals surface area contributed by atoms with E-state index < -0.39 is 0 Å². The van der Waals surface area contributed by atoms with Crippen LogP contribution in [-0.4, -0.2) is 0 Å². The van der Waals surface area contributed by atoms with Gasteiger partial charge >= 0.3 is 0 Å². The molecular weight excluding hydrogens is 384 g/mol. The maximum absolute atomic E-state index is 9.02. The number of anilines is 1. The Kier molecular flexibility index (Phi) is 3.93. The molecule has 17 heavy (non-hydrogen) atoms. The average molecular weight is 392 g/mol. The van der Waals surface area contributed by atoms with Crippen LogP contribution in [0.4, 0.5) is 5.69 Å². The third-order valence-electron chi connectivity index (χ3n) is 2.37. The van der Waals surface area contributed by atoms with Crippen LogP contribution in [0.2, 0.25) is 0 Å². The van der Waals surface area contributed by atoms with Crippen molar-refractivity contribution in [2.24, 2.45) is 0 Å². The molecule has 88 valence electrons. The van der Waals surface area contributed by atoms with E-state index >= 15 is 0 Å². The summed E-state index contributed by atoms with van der Waals surface area (Å²) in [6.07, 6.45) is 0.840. The Morgan fingerprint density at radius 3 is 2.59 bits per heavy atom. The fourth-order valence-electron chi connectivity index (χ4n) is 1.57. The van der Waals surface area contributed by atoms with Gasteiger partial charge < -0.3 is 5.73 Å². The van der Waals surface area contributed by atoms with Crippen LogP contribution < -0.4 is 5.73 Å². The molecule has 0 aliphatic carbocycles. The van der Waals surface area contributed by atoms with Gasteiger partial charge in [-0.3, -0.25) is 0 Å². The van der Waals surface area contributed by atoms with Crippen LogP contribution in [0.25, 0.3) is 9.75 Å². The van der Waals surface area contributed by atoms with Crippen LogP contribution in [0, 0.1) is 11.3 Å². The lowest BCUT2D eigenvalue weighted by Crippen LogP contribution is -1.90. The minimum absolute atomic E-state index is 0.609. The molecule has 2 aromatic rings. The molecule has 2 heterocycles. The lowest BCUT2D eigenvalue weighted by molar-refractivity contribution is 1.16. The second-order valence-corrected chi connectivity index (χ2v) is 7.60. The molecule has 0 amide bonds. The van der Waals surface area contributed by atoms with Gasteiger partial charge in [0.15, 0.2) is 0 Å². The predicted octanol–water partition coefficient (Wildman–Crippen LogP) is 5.02. The molecule has 0 aliphatic rings. The van der Waals surface area contributed by atoms with Crippen LogP contribution >= 0.6 is 54.5 Å². The van der Waals surface area contributed by atoms with Crippen molar-refractivity contribution in [2.45, 2.75) is 13.3 Å². The van der Waals surface area contributed by atoms with Crippen molar-refractivity contribution in [3.05, 3.63) is 24.8 Å². The summed E-state index contributed by atoms with van der Waals surface area (Å²) >= 11 is 10.1. The molecule has 6 heteroatoms. The molecule has 2 nitrogen and oxygen atoms in total. The number of hydrogen-bond donors (Lipinski definition) is 1. The lowest BCUT2D eigenvalue weighted by Gasteiger charge is -1.98. The minimum atomic E-state index is 0.609. The van der Waals surface area contributed by atoms with Gasteiger partial charge in [-0.2, -0.15) is 5.26 Å². The molecule has 2 rings (SSSR count). The van der Waals surface area contributed by atoms with Crippen molar-refractivity contribution < 1.29 is 0 Å². The summed E-state index contributed by atoms with van der Waals surface area (Å²) in [5, 5.41) is 9.02. The van der Waals surface area contributed by atoms with Crippen molar-refractivity contribution in [3.8, 4) is 15.8 Å². The molecule has 0 aliphatic heterocycles. The average Bonchev–Trinajstić information content (AvgIpc) is 2.80. The number of nitriles is 1. The fourth-order valence-corrected chi connectivity index (χ4v) is 4.84. The van der Waals surface area contributed by atoms with E-state index in [1.165, 1.54) is 11.3 Å². The number of rotatable bonds is 2. The second kappa shape index (κ2) is 5.11. The highest BCUT2D eigenvalue weighted by atomic mass is 79.9. The van der Waals surface area contributed by atoms with E-state index in [0.29, 0.717) is 10.6 Å². The SMILES string of the molecule is CCc1c(-c2cc(Br)c(Br)s2)sc(C#N)c1N. The highest BCUT2D eigenvalue weighted by molar-refractivity contribution is 9.13. The zero-order valence-electron chi connectivity index (χ0n) is 8.88. The van der Waals surface area contributed by atoms with Crippen LogP contribution in [-0.2, 0) is 6.42 Å². The van der Waals surface area contributed by atoms with E-state index in [1.54, 1.807) is 11.3 Å². The zero-order chi connectivity index (χ0) is 12.6. The summed E-state index contributed by atoms with van der Waals surface area (Å²) in [6.45, 7) is 2.06. The summed E-state index contributed by atoms with van der Waals surface area (Å²) in [5.41, 5.74) is 7.69. The number of nitrogens with zero attached hydrogens (tertiary/aromatic N) is 1. The van der Waals surface area contributed by atoms with Gasteiger partial charge in [0.1, 0.15) is 10.9 Å². The van der Waals surface area contributed by atoms with E-state index in [9.17, 15) is 0 Å². The summed E-state index contributed by atoms with van der Waals surface area (Å²) < 4.78 is 2.09. The third-order valence-corrected chi connectivity index (χ3v) is 6.96. The van der Waals surface area contributed by atoms with Gasteiger partial charge in [0.25, 0.3) is 0 Å². The first-order valence-corrected chi connectivity index (χ1v) is 8.06. The molecule has 2 N–H and O–H groups in total. The normalized spacial score (nSPS) is 10.5. The van der Waals surface area contributed by atoms with E-state index in [4.69, 9.17) is 11.0 Å². The number of nitrogens with two attached hydrogens (primary N) is 1. The first-order valence-electron chi connectivity index (χ1n) is 4.84. The zero-order valence-corrected chi connectivity index (χ0v) is 13.7. The van der Waals surface area contributed by atoms with Crippen LogP contribution in [0.5, 0.6) is 0 Å². The van der Waals surface area contributed by atoms with Gasteiger partial charge in [-0.05, 0) is 49.9 Å². The van der Waals surface area contributed by atoms with Crippen molar-refractivity contribution in [1.82, 2.24) is 0 Å². The van der Waals surface area contributed by atoms with Gasteiger partial charge in [-0.25, -0.2) is 0 Å². The number of thiophene rings is 2. The van der Waals surface area contributed by atoms with Crippen LogP contribution in [0.1, 0.15) is 17.4 Å². The largest absolute Gasteiger partial charge is 0.397 e. The Labute approximate surface area is 124 Å². The van der Waals surface area contributed by atoms with Gasteiger partial charge in [0.05, 0.1) is 14.4 Å². The molecule has 0 aromatic carbocycles. The summed E-state index contributed by atoms with van der Waals surface area (Å²) in [6, 6.07) is 4.21. The second-order valence-electron chi connectivity index (χ2n) is 3.35. The molecule has 0 radical (unpaired) electrons. The number of halogens is 2. The molecule has 0 fully saturated rings. The van der Waals surface area contributed by atoms with Crippen molar-refractivity contribution in [3.63, 3.8) is 0 Å². The molecule has 0 saturated heterocycles. The van der Waals surface area contributed by atoms with Crippen molar-refractivity contribution >= 4 is 60.2 Å². The third kappa shape index (κ3) is 2.29. The molecular formula is C11H8Br2N2S2. The van der Waals surface area contributed by atoms with Gasteiger partial charge in [0, 0.05) is 9.35 Å². The summed E-state index contributed by atoms with van der Waals surface area (Å²) in [4.78, 5) is 2.86. The Bertz CT molecular complexity index is 588. The fraction of sp³-hybridized carbons (Fsp3) is 0.182. The highest BCUT2D eigenvalue weighted by Crippen LogP contribution is 2.45. The molecule has 0 saturated carbocycles. The summed E-state index contributed by atoms with van der Waals surface area (Å²) in [5.74, 6) is 0. The monoisotopic (exact) mass is 390 g/mol. The van der Waals surface area contributed by atoms with Crippen LogP contribution in [0.3, 0.4) is 0 Å². The quantitative estimate of drug-likeness (QED) is 0.781. The Morgan fingerprint density at radius 2 is 2.12 bits per heavy atom. The molecule has 0 spiro atoms. The topological polar surface area (TPSA) is 49.8 Å². The first kappa shape index (κ1) is 13.1. The maximum atomic E-state index is 9.02. The molecule has 0 bridgehead atoms. The standard InChI is InChI=1S/C11H8Br2N2S2/c1-2-5-9(15)8(4-14)16-10(5)7-3-6(12)11(13)17-7/h3H,2,15H2,1H3. The lowest BCUT2D eigenvalue weighted by atomic mass is 10.1. The van der Waals surface area contributed by atoms with E-state index in [0.717, 1.165) is 30.0 Å². The smallest absolute Gasteiger partial charge is 0.128 e. The predicted molar refractivity (Wildman–Crippen MR) is 81.5 cm³/mol. The first-order chi connectivity index (χ1) is 8.08. The number of nitrogen functional groups attached to an aromatic ring is 1. The van der Waals surface area contributed by atoms with Gasteiger partial charge in [-0.1, -0.05) is 6.92 Å². The Hall–Kier alpha value is -0.350. The van der Waals surface area contributed by atoms with Crippen molar-refractivity contribution in [2.75, 3.05) is 5.73 Å². The molecule has 2 aromatic heterocycles.